The Morgan fingerprint density at radius 2 is 1.78 bits per heavy atom. The Balaban J connectivity index is 2.16. The Morgan fingerprint density at radius 3 is 2.33 bits per heavy atom. The van der Waals surface area contributed by atoms with Crippen LogP contribution in [-0.2, 0) is 12.8 Å². The van der Waals surface area contributed by atoms with E-state index in [0.29, 0.717) is 0 Å². The van der Waals surface area contributed by atoms with E-state index < -0.39 is 0 Å². The van der Waals surface area contributed by atoms with E-state index in [2.05, 4.69) is 67.2 Å². The molecular weight excluding hydrogens is 374 g/mol. The van der Waals surface area contributed by atoms with Crippen molar-refractivity contribution in [3.8, 4) is 0 Å². The first-order chi connectivity index (χ1) is 8.78. The number of thiazole rings is 1. The lowest BCUT2D eigenvalue weighted by molar-refractivity contribution is 0.389. The summed E-state index contributed by atoms with van der Waals surface area (Å²) in [6, 6.07) is 10.7. The van der Waals surface area contributed by atoms with Crippen LogP contribution in [0.2, 0.25) is 0 Å². The number of nitrogens with zero attached hydrogens (tertiary/aromatic N) is 1. The number of aromatic nitrogens is 1. The van der Waals surface area contributed by atoms with Gasteiger partial charge in [-0.25, -0.2) is 0 Å². The van der Waals surface area contributed by atoms with Gasteiger partial charge in [-0.1, -0.05) is 62.2 Å². The van der Waals surface area contributed by atoms with Gasteiger partial charge in [0.15, 0.2) is 0 Å². The highest BCUT2D eigenvalue weighted by Gasteiger charge is 2.29. The van der Waals surface area contributed by atoms with Crippen LogP contribution in [0.15, 0.2) is 42.0 Å². The lowest BCUT2D eigenvalue weighted by Crippen LogP contribution is -2.30. The van der Waals surface area contributed by atoms with Gasteiger partial charge in [0.25, 0.3) is 0 Å². The molecule has 2 rings (SSSR count). The molecule has 0 aliphatic heterocycles. The molecule has 18 heavy (non-hydrogen) atoms. The first kappa shape index (κ1) is 14.2. The van der Waals surface area contributed by atoms with Gasteiger partial charge in [0.1, 0.15) is 0 Å². The van der Waals surface area contributed by atoms with Crippen LogP contribution < -0.4 is 0 Å². The van der Waals surface area contributed by atoms with Crippen molar-refractivity contribution in [3.63, 3.8) is 0 Å². The second-order valence-corrected chi connectivity index (χ2v) is 6.67. The number of hydrogen-bond donors (Lipinski definition) is 0. The van der Waals surface area contributed by atoms with Gasteiger partial charge < -0.3 is 0 Å². The minimum Gasteiger partial charge on any atom is -0.253 e. The Labute approximate surface area is 129 Å². The third-order valence-electron chi connectivity index (χ3n) is 3.02. The van der Waals surface area contributed by atoms with Crippen LogP contribution in [0.4, 0.5) is 0 Å². The molecule has 0 bridgehead atoms. The summed E-state index contributed by atoms with van der Waals surface area (Å²) in [4.78, 5) is 5.52. The molecule has 0 spiro atoms. The van der Waals surface area contributed by atoms with E-state index in [9.17, 15) is 0 Å². The van der Waals surface area contributed by atoms with Crippen LogP contribution in [0.1, 0.15) is 10.4 Å². The molecule has 1 nitrogen and oxygen atoms in total. The van der Waals surface area contributed by atoms with Crippen LogP contribution >= 0.6 is 43.2 Å². The van der Waals surface area contributed by atoms with Crippen molar-refractivity contribution < 1.29 is 0 Å². The predicted octanol–water partition coefficient (Wildman–Crippen LogP) is 4.70. The average molecular weight is 389 g/mol. The molecule has 1 aromatic heterocycles. The molecule has 4 heteroatoms. The van der Waals surface area contributed by atoms with Gasteiger partial charge >= 0.3 is 0 Å². The van der Waals surface area contributed by atoms with E-state index in [1.165, 1.54) is 10.4 Å². The summed E-state index contributed by atoms with van der Waals surface area (Å²) in [5.74, 6) is 0. The van der Waals surface area contributed by atoms with E-state index >= 15 is 0 Å². The average Bonchev–Trinajstić information content (AvgIpc) is 2.92. The zero-order chi connectivity index (χ0) is 12.8. The van der Waals surface area contributed by atoms with Crippen LogP contribution in [0.5, 0.6) is 0 Å². The van der Waals surface area contributed by atoms with E-state index in [1.807, 2.05) is 11.7 Å². The molecule has 0 saturated heterocycles. The van der Waals surface area contributed by atoms with Crippen LogP contribution in [0, 0.1) is 5.41 Å². The minimum absolute atomic E-state index is 0.216. The first-order valence-electron chi connectivity index (χ1n) is 5.81. The van der Waals surface area contributed by atoms with Crippen molar-refractivity contribution in [2.75, 3.05) is 10.7 Å². The molecule has 1 aromatic carbocycles. The molecule has 0 atom stereocenters. The Hall–Kier alpha value is -0.190. The Kier molecular flexibility index (Phi) is 5.39. The van der Waals surface area contributed by atoms with Gasteiger partial charge in [0.05, 0.1) is 5.51 Å². The maximum atomic E-state index is 4.17. The van der Waals surface area contributed by atoms with Crippen LogP contribution in [0.3, 0.4) is 0 Å². The zero-order valence-electron chi connectivity index (χ0n) is 9.98. The van der Waals surface area contributed by atoms with E-state index in [1.54, 1.807) is 11.3 Å². The largest absolute Gasteiger partial charge is 0.253 e. The SMILES string of the molecule is BrCC(CBr)(Cc1ccccc1)Cc1cncs1. The van der Waals surface area contributed by atoms with E-state index in [-0.39, 0.29) is 5.41 Å². The predicted molar refractivity (Wildman–Crippen MR) is 86.0 cm³/mol. The van der Waals surface area contributed by atoms with Gasteiger partial charge in [-0.2, -0.15) is 0 Å². The van der Waals surface area contributed by atoms with Crippen molar-refractivity contribution >= 4 is 43.2 Å². The number of halogens is 2. The highest BCUT2D eigenvalue weighted by atomic mass is 79.9. The van der Waals surface area contributed by atoms with Crippen molar-refractivity contribution in [3.05, 3.63) is 52.5 Å². The summed E-state index contributed by atoms with van der Waals surface area (Å²) in [6.45, 7) is 0. The molecule has 0 unspecified atom stereocenters. The molecule has 0 aliphatic carbocycles. The maximum absolute atomic E-state index is 4.17. The smallest absolute Gasteiger partial charge is 0.0794 e. The molecule has 0 N–H and O–H groups in total. The second-order valence-electron chi connectivity index (χ2n) is 4.57. The molecule has 0 saturated carbocycles. The molecule has 0 amide bonds. The molecule has 96 valence electrons. The first-order valence-corrected chi connectivity index (χ1v) is 8.93. The Morgan fingerprint density at radius 1 is 1.06 bits per heavy atom. The van der Waals surface area contributed by atoms with Crippen molar-refractivity contribution in [2.24, 2.45) is 5.41 Å². The fourth-order valence-corrected chi connectivity index (χ4v) is 4.51. The van der Waals surface area contributed by atoms with Crippen molar-refractivity contribution in [1.29, 1.82) is 0 Å². The fourth-order valence-electron chi connectivity index (χ4n) is 2.02. The normalized spacial score (nSPS) is 11.7. The third-order valence-corrected chi connectivity index (χ3v) is 6.18. The fraction of sp³-hybridized carbons (Fsp3) is 0.357. The van der Waals surface area contributed by atoms with Crippen molar-refractivity contribution in [1.82, 2.24) is 4.98 Å². The number of benzene rings is 1. The summed E-state index contributed by atoms with van der Waals surface area (Å²) < 4.78 is 0. The van der Waals surface area contributed by atoms with Crippen LogP contribution in [0.25, 0.3) is 0 Å². The summed E-state index contributed by atoms with van der Waals surface area (Å²) in [7, 11) is 0. The zero-order valence-corrected chi connectivity index (χ0v) is 14.0. The number of hydrogen-bond acceptors (Lipinski definition) is 2. The third kappa shape index (κ3) is 3.65. The monoisotopic (exact) mass is 387 g/mol. The van der Waals surface area contributed by atoms with Gasteiger partial charge in [0.2, 0.25) is 0 Å². The summed E-state index contributed by atoms with van der Waals surface area (Å²) >= 11 is 9.12. The van der Waals surface area contributed by atoms with Gasteiger partial charge in [-0.3, -0.25) is 4.98 Å². The van der Waals surface area contributed by atoms with Gasteiger partial charge in [0, 0.05) is 21.7 Å². The van der Waals surface area contributed by atoms with Gasteiger partial charge in [-0.15, -0.1) is 11.3 Å². The van der Waals surface area contributed by atoms with Gasteiger partial charge in [-0.05, 0) is 23.8 Å². The minimum atomic E-state index is 0.216. The molecule has 1 heterocycles. The van der Waals surface area contributed by atoms with E-state index in [4.69, 9.17) is 0 Å². The summed E-state index contributed by atoms with van der Waals surface area (Å²) in [5.41, 5.74) is 3.51. The molecular formula is C14H15Br2NS. The molecule has 0 radical (unpaired) electrons. The highest BCUT2D eigenvalue weighted by molar-refractivity contribution is 9.09. The lowest BCUT2D eigenvalue weighted by atomic mass is 9.82. The summed E-state index contributed by atoms with van der Waals surface area (Å²) in [5, 5.41) is 1.97. The topological polar surface area (TPSA) is 12.9 Å². The molecule has 2 aromatic rings. The number of rotatable bonds is 6. The lowest BCUT2D eigenvalue weighted by Gasteiger charge is -2.29. The van der Waals surface area contributed by atoms with Crippen molar-refractivity contribution in [2.45, 2.75) is 12.8 Å². The second kappa shape index (κ2) is 6.83. The molecule has 0 aliphatic rings. The molecule has 0 fully saturated rings. The summed E-state index contributed by atoms with van der Waals surface area (Å²) in [6.07, 6.45) is 4.11. The highest BCUT2D eigenvalue weighted by Crippen LogP contribution is 2.33. The Bertz CT molecular complexity index is 452. The number of alkyl halides is 2. The quantitative estimate of drug-likeness (QED) is 0.653. The van der Waals surface area contributed by atoms with E-state index in [0.717, 1.165) is 23.5 Å². The standard InChI is InChI=1S/C14H15Br2NS/c15-9-14(10-16,7-13-8-17-11-18-13)6-12-4-2-1-3-5-12/h1-5,8,11H,6-7,9-10H2. The van der Waals surface area contributed by atoms with Crippen LogP contribution in [-0.4, -0.2) is 15.6 Å². The maximum Gasteiger partial charge on any atom is 0.0794 e.